The van der Waals surface area contributed by atoms with E-state index in [-0.39, 0.29) is 0 Å². The Bertz CT molecular complexity index is 1850. The van der Waals surface area contributed by atoms with Crippen LogP contribution in [0.3, 0.4) is 0 Å². The summed E-state index contributed by atoms with van der Waals surface area (Å²) in [5, 5.41) is 0. The van der Waals surface area contributed by atoms with E-state index in [1.54, 1.807) is 0 Å². The molecule has 0 amide bonds. The van der Waals surface area contributed by atoms with E-state index in [0.29, 0.717) is 0 Å². The first-order chi connectivity index (χ1) is 31.3. The summed E-state index contributed by atoms with van der Waals surface area (Å²) in [6, 6.07) is 0. The second-order valence-electron chi connectivity index (χ2n) is 14.9. The zero-order valence-electron chi connectivity index (χ0n) is 38.3. The van der Waals surface area contributed by atoms with E-state index in [1.165, 1.54) is 0 Å². The number of ether oxygens (including phenoxy) is 16. The zero-order chi connectivity index (χ0) is 50.4. The fourth-order valence-corrected chi connectivity index (χ4v) is 7.01. The van der Waals surface area contributed by atoms with Gasteiger partial charge in [0.1, 0.15) is 38.1 Å². The molecular weight excluding hydrogens is 912 g/mol. The molecule has 376 valence electrons. The first kappa shape index (κ1) is 55.3. The van der Waals surface area contributed by atoms with Crippen LogP contribution >= 0.6 is 0 Å². The Balaban J connectivity index is 2.40. The maximum absolute atomic E-state index is 13.0. The number of esters is 11. The summed E-state index contributed by atoms with van der Waals surface area (Å²) < 4.78 is 90.7. The predicted molar refractivity (Wildman–Crippen MR) is 206 cm³/mol. The molecule has 0 bridgehead atoms. The summed E-state index contributed by atoms with van der Waals surface area (Å²) in [7, 11) is 0. The normalized spacial score (nSPS) is 31.2. The smallest absolute Gasteiger partial charge is 0.305 e. The molecule has 3 heterocycles. The van der Waals surface area contributed by atoms with Crippen LogP contribution in [0.15, 0.2) is 0 Å². The van der Waals surface area contributed by atoms with Gasteiger partial charge in [-0.2, -0.15) is 0 Å². The van der Waals surface area contributed by atoms with Crippen LogP contribution in [0.25, 0.3) is 0 Å². The number of carbonyl (C=O) groups is 11. The molecule has 3 aliphatic rings. The minimum Gasteiger partial charge on any atom is -0.463 e. The van der Waals surface area contributed by atoms with E-state index >= 15 is 0 Å². The van der Waals surface area contributed by atoms with Crippen LogP contribution in [-0.4, -0.2) is 178 Å². The molecule has 3 rings (SSSR count). The molecule has 3 fully saturated rings. The van der Waals surface area contributed by atoms with Crippen LogP contribution in [0, 0.1) is 0 Å². The third-order valence-corrected chi connectivity index (χ3v) is 9.11. The van der Waals surface area contributed by atoms with E-state index in [9.17, 15) is 52.7 Å². The molecule has 0 radical (unpaired) electrons. The Morgan fingerprint density at radius 1 is 0.269 bits per heavy atom. The number of carbonyl (C=O) groups excluding carboxylic acids is 11. The number of hydrogen-bond acceptors (Lipinski definition) is 27. The lowest BCUT2D eigenvalue weighted by Crippen LogP contribution is -2.69. The molecule has 3 aliphatic heterocycles. The van der Waals surface area contributed by atoms with Crippen molar-refractivity contribution >= 4 is 65.7 Å². The van der Waals surface area contributed by atoms with Crippen LogP contribution in [0.5, 0.6) is 0 Å². The molecule has 67 heavy (non-hydrogen) atoms. The largest absolute Gasteiger partial charge is 0.463 e. The molecule has 0 aromatic rings. The Kier molecular flexibility index (Phi) is 20.8. The van der Waals surface area contributed by atoms with E-state index in [2.05, 4.69) is 0 Å². The lowest BCUT2D eigenvalue weighted by Gasteiger charge is -2.50. The summed E-state index contributed by atoms with van der Waals surface area (Å²) in [4.78, 5) is 137. The highest BCUT2D eigenvalue weighted by atomic mass is 16.8. The lowest BCUT2D eigenvalue weighted by atomic mass is 9.95. The van der Waals surface area contributed by atoms with Crippen molar-refractivity contribution in [2.24, 2.45) is 0 Å². The summed E-state index contributed by atoms with van der Waals surface area (Å²) in [6.07, 6.45) is -28.0. The van der Waals surface area contributed by atoms with Gasteiger partial charge in [0.15, 0.2) is 67.5 Å². The van der Waals surface area contributed by atoms with Crippen molar-refractivity contribution in [3.05, 3.63) is 0 Å². The molecule has 27 nitrogen and oxygen atoms in total. The molecule has 0 spiro atoms. The Hall–Kier alpha value is -6.03. The molecular formula is C40H54O27. The van der Waals surface area contributed by atoms with E-state index in [1.807, 2.05) is 0 Å². The summed E-state index contributed by atoms with van der Waals surface area (Å²) >= 11 is 0. The molecule has 3 saturated heterocycles. The van der Waals surface area contributed by atoms with Gasteiger partial charge in [-0.3, -0.25) is 52.7 Å². The zero-order valence-corrected chi connectivity index (χ0v) is 38.3. The van der Waals surface area contributed by atoms with Crippen LogP contribution in [0.2, 0.25) is 0 Å². The second-order valence-corrected chi connectivity index (χ2v) is 14.9. The molecule has 0 N–H and O–H groups in total. The average Bonchev–Trinajstić information content (AvgIpc) is 3.17. The van der Waals surface area contributed by atoms with Gasteiger partial charge in [-0.25, -0.2) is 0 Å². The van der Waals surface area contributed by atoms with Crippen LogP contribution < -0.4 is 0 Å². The van der Waals surface area contributed by atoms with E-state index in [4.69, 9.17) is 75.8 Å². The van der Waals surface area contributed by atoms with Crippen molar-refractivity contribution in [3.63, 3.8) is 0 Å². The summed E-state index contributed by atoms with van der Waals surface area (Å²) in [5.41, 5.74) is 0. The third kappa shape index (κ3) is 17.0. The SMILES string of the molecule is CC(=O)OCC1OC(OC2C(OC3C(OC(C)=O)OC(COC(C)=O)C(OC(C)=O)C3OC(C)=O)OC(COC(C)=O)C(OC(C)=O)C2OC(C)=O)C(OC(C)=O)C(OC(C)=O)C1OC(C)=O. The van der Waals surface area contributed by atoms with E-state index < -0.39 is 178 Å². The highest BCUT2D eigenvalue weighted by molar-refractivity contribution is 5.70. The Labute approximate surface area is 382 Å². The van der Waals surface area contributed by atoms with Crippen molar-refractivity contribution in [3.8, 4) is 0 Å². The fourth-order valence-electron chi connectivity index (χ4n) is 7.01. The molecule has 15 atom stereocenters. The predicted octanol–water partition coefficient (Wildman–Crippen LogP) is -1.29. The highest BCUT2D eigenvalue weighted by Gasteiger charge is 2.60. The van der Waals surface area contributed by atoms with Crippen molar-refractivity contribution < 1.29 is 129 Å². The van der Waals surface area contributed by atoms with Gasteiger partial charge >= 0.3 is 65.7 Å². The maximum atomic E-state index is 13.0. The van der Waals surface area contributed by atoms with Gasteiger partial charge in [0.2, 0.25) is 6.29 Å². The third-order valence-electron chi connectivity index (χ3n) is 9.11. The molecule has 0 saturated carbocycles. The van der Waals surface area contributed by atoms with Gasteiger partial charge < -0.3 is 75.8 Å². The lowest BCUT2D eigenvalue weighted by molar-refractivity contribution is -0.391. The Morgan fingerprint density at radius 2 is 0.493 bits per heavy atom. The van der Waals surface area contributed by atoms with E-state index in [0.717, 1.165) is 76.2 Å². The maximum Gasteiger partial charge on any atom is 0.305 e. The van der Waals surface area contributed by atoms with Crippen molar-refractivity contribution in [1.29, 1.82) is 0 Å². The van der Waals surface area contributed by atoms with Crippen LogP contribution in [-0.2, 0) is 129 Å². The number of hydrogen-bond donors (Lipinski definition) is 0. The quantitative estimate of drug-likeness (QED) is 0.114. The van der Waals surface area contributed by atoms with Gasteiger partial charge in [0, 0.05) is 76.2 Å². The second kappa shape index (κ2) is 25.2. The van der Waals surface area contributed by atoms with Crippen molar-refractivity contribution in [2.45, 2.75) is 168 Å². The minimum atomic E-state index is -2.17. The topological polar surface area (TPSA) is 335 Å². The fraction of sp³-hybridized carbons (Fsp3) is 0.725. The Morgan fingerprint density at radius 3 is 0.776 bits per heavy atom. The van der Waals surface area contributed by atoms with Crippen LogP contribution in [0.4, 0.5) is 0 Å². The van der Waals surface area contributed by atoms with Gasteiger partial charge in [-0.15, -0.1) is 0 Å². The molecule has 0 aromatic carbocycles. The average molecular weight is 967 g/mol. The summed E-state index contributed by atoms with van der Waals surface area (Å²) in [6.45, 7) is 8.55. The standard InChI is InChI=1S/C40H54O27/c1-15(41)52-12-26-30(56-19(5)45)33(59-22(8)48)36(38(63-26)62-25(11)51)66-40-37(34(60-23(9)49)31(57-20(6)46)28(65-40)14-54-17(3)43)67-39-35(61-24(10)50)32(58-21(7)47)29(55-18(4)44)27(64-39)13-53-16(2)42/h26-40H,12-14H2,1-11H3. The monoisotopic (exact) mass is 966 g/mol. The molecule has 0 aliphatic carbocycles. The molecule has 15 unspecified atom stereocenters. The first-order valence-corrected chi connectivity index (χ1v) is 20.3. The first-order valence-electron chi connectivity index (χ1n) is 20.3. The molecule has 27 heteroatoms. The number of rotatable bonds is 18. The van der Waals surface area contributed by atoms with Gasteiger partial charge in [0.05, 0.1) is 0 Å². The van der Waals surface area contributed by atoms with Crippen molar-refractivity contribution in [1.82, 2.24) is 0 Å². The molecule has 0 aromatic heterocycles. The van der Waals surface area contributed by atoms with Gasteiger partial charge in [0.25, 0.3) is 0 Å². The highest BCUT2D eigenvalue weighted by Crippen LogP contribution is 2.38. The van der Waals surface area contributed by atoms with Crippen molar-refractivity contribution in [2.75, 3.05) is 19.8 Å². The summed E-state index contributed by atoms with van der Waals surface area (Å²) in [5.74, 6) is -10.8. The van der Waals surface area contributed by atoms with Crippen LogP contribution in [0.1, 0.15) is 76.2 Å². The minimum absolute atomic E-state index is 0.673. The van der Waals surface area contributed by atoms with Gasteiger partial charge in [-0.1, -0.05) is 0 Å². The van der Waals surface area contributed by atoms with Gasteiger partial charge in [-0.05, 0) is 0 Å².